The molecule has 1 N–H and O–H groups in total. The average Bonchev–Trinajstić information content (AvgIpc) is 2.92. The van der Waals surface area contributed by atoms with E-state index in [0.29, 0.717) is 26.7 Å². The lowest BCUT2D eigenvalue weighted by Gasteiger charge is -2.33. The van der Waals surface area contributed by atoms with Gasteiger partial charge in [-0.15, -0.1) is 0 Å². The van der Waals surface area contributed by atoms with Gasteiger partial charge in [0.25, 0.3) is 0 Å². The zero-order valence-corrected chi connectivity index (χ0v) is 21.8. The van der Waals surface area contributed by atoms with Crippen LogP contribution in [0.2, 0.25) is 10.0 Å². The van der Waals surface area contributed by atoms with E-state index >= 15 is 0 Å². The molecule has 9 heteroatoms. The second-order valence-electron chi connectivity index (χ2n) is 9.69. The van der Waals surface area contributed by atoms with Crippen molar-refractivity contribution in [3.63, 3.8) is 0 Å². The second-order valence-corrected chi connectivity index (χ2v) is 10.9. The van der Waals surface area contributed by atoms with Crippen LogP contribution in [0.4, 0.5) is 18.9 Å². The van der Waals surface area contributed by atoms with Gasteiger partial charge in [-0.1, -0.05) is 68.3 Å². The maximum absolute atomic E-state index is 13.3. The fourth-order valence-electron chi connectivity index (χ4n) is 3.62. The highest BCUT2D eigenvalue weighted by molar-refractivity contribution is 7.80. The van der Waals surface area contributed by atoms with Crippen molar-refractivity contribution in [3.8, 4) is 0 Å². The van der Waals surface area contributed by atoms with E-state index in [2.05, 4.69) is 26.1 Å². The summed E-state index contributed by atoms with van der Waals surface area (Å²) in [7, 11) is 0. The molecule has 0 amide bonds. The monoisotopic (exact) mass is 527 g/mol. The smallest absolute Gasteiger partial charge is 0.319 e. The molecule has 0 unspecified atom stereocenters. The standard InChI is InChI=1S/C25H26Cl2F3N3S/c1-23(2,3)20(12-10-15-9-11-17(26)14-19(15)27)31-21-24(4,5)33(22(34)32-21)18-8-6-7-16(13-18)25(28,29)30/h6-14,20H,1-5H3,(H,31,32,34)/t20-/m1/s1. The Labute approximate surface area is 213 Å². The molecular weight excluding hydrogens is 502 g/mol. The maximum atomic E-state index is 13.3. The Balaban J connectivity index is 1.98. The molecule has 34 heavy (non-hydrogen) atoms. The number of benzene rings is 2. The Morgan fingerprint density at radius 3 is 2.35 bits per heavy atom. The molecule has 0 bridgehead atoms. The van der Waals surface area contributed by atoms with Crippen LogP contribution in [-0.2, 0) is 6.18 Å². The summed E-state index contributed by atoms with van der Waals surface area (Å²) >= 11 is 17.8. The van der Waals surface area contributed by atoms with Crippen LogP contribution >= 0.6 is 35.4 Å². The van der Waals surface area contributed by atoms with Crippen molar-refractivity contribution in [2.24, 2.45) is 10.4 Å². The summed E-state index contributed by atoms with van der Waals surface area (Å²) < 4.78 is 39.9. The second kappa shape index (κ2) is 9.51. The van der Waals surface area contributed by atoms with Gasteiger partial charge in [-0.05, 0) is 67.4 Å². The van der Waals surface area contributed by atoms with Crippen LogP contribution in [-0.4, -0.2) is 22.5 Å². The summed E-state index contributed by atoms with van der Waals surface area (Å²) in [5.74, 6) is 0.571. The SMILES string of the molecule is CC(C)(C)[C@@H](C=Cc1ccc(Cl)cc1Cl)N=C1NC(=S)N(c2cccc(C(F)(F)F)c2)C1(C)C. The molecular formula is C25H26Cl2F3N3S. The summed E-state index contributed by atoms with van der Waals surface area (Å²) in [6.45, 7) is 9.91. The number of amidine groups is 1. The van der Waals surface area contributed by atoms with Crippen molar-refractivity contribution in [1.82, 2.24) is 5.32 Å². The van der Waals surface area contributed by atoms with E-state index in [4.69, 9.17) is 40.4 Å². The fraction of sp³-hybridized carbons (Fsp3) is 0.360. The molecule has 3 nitrogen and oxygen atoms in total. The number of nitrogens with one attached hydrogen (secondary N) is 1. The summed E-state index contributed by atoms with van der Waals surface area (Å²) in [6, 6.07) is 10.1. The van der Waals surface area contributed by atoms with Crippen LogP contribution in [0.15, 0.2) is 53.5 Å². The highest BCUT2D eigenvalue weighted by Crippen LogP contribution is 2.36. The van der Waals surface area contributed by atoms with Gasteiger partial charge in [-0.3, -0.25) is 4.99 Å². The highest BCUT2D eigenvalue weighted by atomic mass is 35.5. The number of thiocarbonyl (C=S) groups is 1. The molecule has 1 fully saturated rings. The third-order valence-electron chi connectivity index (χ3n) is 5.57. The van der Waals surface area contributed by atoms with Gasteiger partial charge < -0.3 is 10.2 Å². The first kappa shape index (κ1) is 26.5. The number of aliphatic imine (C=N–C) groups is 1. The Hall–Kier alpha value is -2.09. The van der Waals surface area contributed by atoms with Gasteiger partial charge in [0.1, 0.15) is 5.84 Å². The molecule has 182 valence electrons. The van der Waals surface area contributed by atoms with Gasteiger partial charge >= 0.3 is 6.18 Å². The van der Waals surface area contributed by atoms with Crippen molar-refractivity contribution in [2.45, 2.75) is 52.4 Å². The van der Waals surface area contributed by atoms with Gasteiger partial charge in [0.15, 0.2) is 5.11 Å². The Morgan fingerprint density at radius 2 is 1.76 bits per heavy atom. The number of halogens is 5. The number of hydrogen-bond acceptors (Lipinski definition) is 2. The number of anilines is 1. The first-order valence-electron chi connectivity index (χ1n) is 10.6. The van der Waals surface area contributed by atoms with Crippen LogP contribution in [0.3, 0.4) is 0 Å². The predicted octanol–water partition coefficient (Wildman–Crippen LogP) is 8.01. The minimum atomic E-state index is -4.45. The van der Waals surface area contributed by atoms with E-state index in [1.807, 2.05) is 32.1 Å². The molecule has 1 heterocycles. The number of rotatable bonds is 4. The first-order valence-corrected chi connectivity index (χ1v) is 11.8. The van der Waals surface area contributed by atoms with E-state index in [-0.39, 0.29) is 11.5 Å². The lowest BCUT2D eigenvalue weighted by molar-refractivity contribution is -0.137. The molecule has 2 aromatic rings. The molecule has 0 radical (unpaired) electrons. The summed E-state index contributed by atoms with van der Waals surface area (Å²) in [4.78, 5) is 6.62. The predicted molar refractivity (Wildman–Crippen MR) is 140 cm³/mol. The molecule has 1 aliphatic heterocycles. The highest BCUT2D eigenvalue weighted by Gasteiger charge is 2.44. The zero-order valence-electron chi connectivity index (χ0n) is 19.5. The minimum absolute atomic E-state index is 0.259. The Morgan fingerprint density at radius 1 is 1.09 bits per heavy atom. The summed E-state index contributed by atoms with van der Waals surface area (Å²) in [6.07, 6.45) is -0.601. The average molecular weight is 528 g/mol. The maximum Gasteiger partial charge on any atom is 0.416 e. The van der Waals surface area contributed by atoms with Crippen molar-refractivity contribution in [2.75, 3.05) is 4.90 Å². The van der Waals surface area contributed by atoms with Crippen LogP contribution in [0.5, 0.6) is 0 Å². The van der Waals surface area contributed by atoms with E-state index in [1.165, 1.54) is 6.07 Å². The molecule has 1 atom stereocenters. The third-order valence-corrected chi connectivity index (χ3v) is 6.42. The summed E-state index contributed by atoms with van der Waals surface area (Å²) in [5.41, 5.74) is -0.634. The van der Waals surface area contributed by atoms with Crippen molar-refractivity contribution in [1.29, 1.82) is 0 Å². The van der Waals surface area contributed by atoms with Crippen LogP contribution in [0.1, 0.15) is 45.7 Å². The number of alkyl halides is 3. The van der Waals surface area contributed by atoms with Crippen molar-refractivity contribution >= 4 is 58.1 Å². The molecule has 1 aliphatic rings. The zero-order chi connectivity index (χ0) is 25.5. The molecule has 2 aromatic carbocycles. The van der Waals surface area contributed by atoms with Gasteiger partial charge in [0.2, 0.25) is 0 Å². The van der Waals surface area contributed by atoms with Crippen LogP contribution in [0.25, 0.3) is 6.08 Å². The van der Waals surface area contributed by atoms with Crippen molar-refractivity contribution < 1.29 is 13.2 Å². The van der Waals surface area contributed by atoms with Gasteiger partial charge in [-0.25, -0.2) is 0 Å². The third kappa shape index (κ3) is 5.75. The Kier molecular flexibility index (Phi) is 7.42. The van der Waals surface area contributed by atoms with Gasteiger partial charge in [0.05, 0.1) is 17.1 Å². The molecule has 0 spiro atoms. The fourth-order valence-corrected chi connectivity index (χ4v) is 4.52. The molecule has 0 aliphatic carbocycles. The molecule has 3 rings (SSSR count). The van der Waals surface area contributed by atoms with Crippen molar-refractivity contribution in [3.05, 3.63) is 69.7 Å². The Bertz CT molecular complexity index is 1150. The minimum Gasteiger partial charge on any atom is -0.319 e. The largest absolute Gasteiger partial charge is 0.416 e. The van der Waals surface area contributed by atoms with E-state index in [1.54, 1.807) is 23.1 Å². The first-order chi connectivity index (χ1) is 15.6. The number of hydrogen-bond donors (Lipinski definition) is 1. The van der Waals surface area contributed by atoms with Gasteiger partial charge in [0, 0.05) is 15.7 Å². The van der Waals surface area contributed by atoms with Gasteiger partial charge in [-0.2, -0.15) is 13.2 Å². The van der Waals surface area contributed by atoms with E-state index in [0.717, 1.165) is 17.7 Å². The van der Waals surface area contributed by atoms with E-state index < -0.39 is 17.3 Å². The van der Waals surface area contributed by atoms with E-state index in [9.17, 15) is 13.2 Å². The summed E-state index contributed by atoms with van der Waals surface area (Å²) in [5, 5.41) is 4.49. The lowest BCUT2D eigenvalue weighted by Crippen LogP contribution is -2.45. The van der Waals surface area contributed by atoms with Crippen LogP contribution < -0.4 is 10.2 Å². The number of nitrogens with zero attached hydrogens (tertiary/aromatic N) is 2. The lowest BCUT2D eigenvalue weighted by atomic mass is 9.86. The normalized spacial score (nSPS) is 18.6. The molecule has 0 saturated carbocycles. The van der Waals surface area contributed by atoms with Crippen LogP contribution in [0, 0.1) is 5.41 Å². The quantitative estimate of drug-likeness (QED) is 0.408. The molecule has 1 saturated heterocycles. The topological polar surface area (TPSA) is 27.6 Å². The molecule has 0 aromatic heterocycles.